The highest BCUT2D eigenvalue weighted by atomic mass is 32.2. The molecule has 0 fully saturated rings. The topological polar surface area (TPSA) is 66.9 Å². The van der Waals surface area contributed by atoms with Crippen LogP contribution < -0.4 is 13.9 Å². The average molecular weight is 477 g/mol. The first-order valence-corrected chi connectivity index (χ1v) is 13.0. The molecule has 5 rings (SSSR count). The number of sulfonamides is 1. The van der Waals surface area contributed by atoms with Gasteiger partial charge in [-0.1, -0.05) is 36.4 Å². The third kappa shape index (κ3) is 3.94. The molecule has 1 amide bonds. The van der Waals surface area contributed by atoms with Gasteiger partial charge in [-0.3, -0.25) is 9.10 Å². The number of aryl methyl sites for hydroxylation is 2. The smallest absolute Gasteiger partial charge is 0.265 e. The number of rotatable bonds is 5. The van der Waals surface area contributed by atoms with Crippen molar-refractivity contribution < 1.29 is 17.9 Å². The van der Waals surface area contributed by atoms with E-state index in [0.717, 1.165) is 41.8 Å². The van der Waals surface area contributed by atoms with Crippen LogP contribution in [0.5, 0.6) is 5.75 Å². The summed E-state index contributed by atoms with van der Waals surface area (Å²) >= 11 is 0. The highest BCUT2D eigenvalue weighted by Crippen LogP contribution is 2.34. The zero-order valence-electron chi connectivity index (χ0n) is 19.4. The fourth-order valence-corrected chi connectivity index (χ4v) is 6.60. The van der Waals surface area contributed by atoms with E-state index in [9.17, 15) is 13.2 Å². The Morgan fingerprint density at radius 2 is 1.71 bits per heavy atom. The quantitative estimate of drug-likeness (QED) is 0.544. The SMILES string of the molecule is Cc1cc(S(=O)(=O)N2CCCc3ccccc32)ccc1OCC(=O)N1c2ccccc2CC1C. The minimum absolute atomic E-state index is 0.0783. The van der Waals surface area contributed by atoms with Crippen LogP contribution in [-0.2, 0) is 27.7 Å². The van der Waals surface area contributed by atoms with Gasteiger partial charge in [-0.25, -0.2) is 8.42 Å². The molecule has 34 heavy (non-hydrogen) atoms. The lowest BCUT2D eigenvalue weighted by Gasteiger charge is -2.30. The van der Waals surface area contributed by atoms with Crippen molar-refractivity contribution in [1.82, 2.24) is 0 Å². The number of amides is 1. The van der Waals surface area contributed by atoms with Crippen molar-refractivity contribution in [3.05, 3.63) is 83.4 Å². The molecule has 176 valence electrons. The molecule has 0 aliphatic carbocycles. The van der Waals surface area contributed by atoms with Crippen molar-refractivity contribution in [3.63, 3.8) is 0 Å². The van der Waals surface area contributed by atoms with Crippen molar-refractivity contribution >= 4 is 27.3 Å². The number of hydrogen-bond donors (Lipinski definition) is 0. The summed E-state index contributed by atoms with van der Waals surface area (Å²) in [5, 5.41) is 0. The van der Waals surface area contributed by atoms with Crippen LogP contribution in [0.4, 0.5) is 11.4 Å². The van der Waals surface area contributed by atoms with Crippen LogP contribution in [0.1, 0.15) is 30.0 Å². The number of para-hydroxylation sites is 2. The van der Waals surface area contributed by atoms with Crippen LogP contribution in [0.15, 0.2) is 71.6 Å². The molecule has 0 saturated heterocycles. The monoisotopic (exact) mass is 476 g/mol. The Labute approximate surface area is 200 Å². The van der Waals surface area contributed by atoms with Crippen molar-refractivity contribution in [3.8, 4) is 5.75 Å². The first-order chi connectivity index (χ1) is 16.4. The van der Waals surface area contributed by atoms with E-state index < -0.39 is 10.0 Å². The molecular weight excluding hydrogens is 448 g/mol. The maximum absolute atomic E-state index is 13.4. The Bertz CT molecular complexity index is 1350. The van der Waals surface area contributed by atoms with Gasteiger partial charge in [-0.15, -0.1) is 0 Å². The van der Waals surface area contributed by atoms with Crippen LogP contribution in [0.25, 0.3) is 0 Å². The number of nitrogens with zero attached hydrogens (tertiary/aromatic N) is 2. The zero-order chi connectivity index (χ0) is 23.9. The lowest BCUT2D eigenvalue weighted by atomic mass is 10.0. The molecule has 1 atom stereocenters. The molecule has 3 aromatic rings. The van der Waals surface area contributed by atoms with Gasteiger partial charge in [-0.05, 0) is 80.1 Å². The second-order valence-corrected chi connectivity index (χ2v) is 10.8. The summed E-state index contributed by atoms with van der Waals surface area (Å²) in [6.07, 6.45) is 2.49. The molecule has 0 N–H and O–H groups in total. The average Bonchev–Trinajstić information content (AvgIpc) is 3.18. The lowest BCUT2D eigenvalue weighted by Crippen LogP contribution is -2.39. The van der Waals surface area contributed by atoms with E-state index in [2.05, 4.69) is 0 Å². The molecule has 7 heteroatoms. The normalized spacial score (nSPS) is 17.3. The van der Waals surface area contributed by atoms with Gasteiger partial charge in [0.2, 0.25) is 0 Å². The number of benzene rings is 3. The minimum Gasteiger partial charge on any atom is -0.483 e. The van der Waals surface area contributed by atoms with Gasteiger partial charge in [0.15, 0.2) is 6.61 Å². The van der Waals surface area contributed by atoms with E-state index in [0.29, 0.717) is 17.9 Å². The summed E-state index contributed by atoms with van der Waals surface area (Å²) in [7, 11) is -3.70. The second-order valence-electron chi connectivity index (χ2n) is 8.97. The molecule has 0 saturated carbocycles. The summed E-state index contributed by atoms with van der Waals surface area (Å²) in [5.74, 6) is 0.393. The van der Waals surface area contributed by atoms with Gasteiger partial charge in [0.05, 0.1) is 10.6 Å². The zero-order valence-corrected chi connectivity index (χ0v) is 20.2. The van der Waals surface area contributed by atoms with Crippen LogP contribution in [0.2, 0.25) is 0 Å². The first kappa shape index (κ1) is 22.5. The standard InChI is InChI=1S/C27H28N2O4S/c1-19-16-23(34(31,32)28-15-7-10-21-8-3-5-11-24(21)28)13-14-26(19)33-18-27(30)29-20(2)17-22-9-4-6-12-25(22)29/h3-6,8-9,11-14,16,20H,7,10,15,17-18H2,1-2H3. The van der Waals surface area contributed by atoms with E-state index >= 15 is 0 Å². The third-order valence-electron chi connectivity index (χ3n) is 6.63. The summed E-state index contributed by atoms with van der Waals surface area (Å²) in [4.78, 5) is 15.0. The highest BCUT2D eigenvalue weighted by molar-refractivity contribution is 7.92. The van der Waals surface area contributed by atoms with Gasteiger partial charge in [0.25, 0.3) is 15.9 Å². The number of carbonyl (C=O) groups is 1. The summed E-state index contributed by atoms with van der Waals surface area (Å²) in [6.45, 7) is 4.18. The minimum atomic E-state index is -3.70. The van der Waals surface area contributed by atoms with Gasteiger partial charge >= 0.3 is 0 Å². The Morgan fingerprint density at radius 1 is 1.00 bits per heavy atom. The van der Waals surface area contributed by atoms with Crippen molar-refractivity contribution in [2.24, 2.45) is 0 Å². The van der Waals surface area contributed by atoms with E-state index in [4.69, 9.17) is 4.74 Å². The molecule has 0 aromatic heterocycles. The van der Waals surface area contributed by atoms with Crippen molar-refractivity contribution in [2.45, 2.75) is 44.0 Å². The first-order valence-electron chi connectivity index (χ1n) is 11.6. The maximum atomic E-state index is 13.4. The molecule has 3 aromatic carbocycles. The molecular formula is C27H28N2O4S. The molecule has 2 aliphatic heterocycles. The van der Waals surface area contributed by atoms with Crippen molar-refractivity contribution in [1.29, 1.82) is 0 Å². The van der Waals surface area contributed by atoms with Crippen LogP contribution in [0.3, 0.4) is 0 Å². The Morgan fingerprint density at radius 3 is 2.47 bits per heavy atom. The summed E-state index contributed by atoms with van der Waals surface area (Å²) < 4.78 is 34.2. The van der Waals surface area contributed by atoms with Crippen LogP contribution in [0, 0.1) is 6.92 Å². The van der Waals surface area contributed by atoms with Gasteiger partial charge < -0.3 is 9.64 Å². The number of fused-ring (bicyclic) bond motifs is 2. The van der Waals surface area contributed by atoms with Crippen LogP contribution in [-0.4, -0.2) is 33.5 Å². The van der Waals surface area contributed by atoms with Crippen LogP contribution >= 0.6 is 0 Å². The van der Waals surface area contributed by atoms with Gasteiger partial charge in [-0.2, -0.15) is 0 Å². The largest absolute Gasteiger partial charge is 0.483 e. The molecule has 6 nitrogen and oxygen atoms in total. The lowest BCUT2D eigenvalue weighted by molar-refractivity contribution is -0.120. The molecule has 2 heterocycles. The highest BCUT2D eigenvalue weighted by Gasteiger charge is 2.31. The predicted octanol–water partition coefficient (Wildman–Crippen LogP) is 4.49. The Balaban J connectivity index is 1.32. The Hall–Kier alpha value is -3.32. The number of anilines is 2. The second kappa shape index (κ2) is 8.80. The molecule has 0 radical (unpaired) electrons. The Kier molecular flexibility index (Phi) is 5.81. The van der Waals surface area contributed by atoms with Gasteiger partial charge in [0, 0.05) is 18.3 Å². The molecule has 0 bridgehead atoms. The fourth-order valence-electron chi connectivity index (χ4n) is 4.97. The number of carbonyl (C=O) groups excluding carboxylic acids is 1. The van der Waals surface area contributed by atoms with E-state index in [1.807, 2.05) is 55.5 Å². The van der Waals surface area contributed by atoms with E-state index in [-0.39, 0.29) is 23.5 Å². The van der Waals surface area contributed by atoms with E-state index in [1.54, 1.807) is 30.0 Å². The summed E-state index contributed by atoms with van der Waals surface area (Å²) in [6, 6.07) is 20.5. The molecule has 2 aliphatic rings. The molecule has 0 spiro atoms. The van der Waals surface area contributed by atoms with E-state index in [1.165, 1.54) is 4.31 Å². The fraction of sp³-hybridized carbons (Fsp3) is 0.296. The summed E-state index contributed by atoms with van der Waals surface area (Å²) in [5.41, 5.74) is 4.56. The molecule has 1 unspecified atom stereocenters. The van der Waals surface area contributed by atoms with Gasteiger partial charge in [0.1, 0.15) is 5.75 Å². The predicted molar refractivity (Wildman–Crippen MR) is 133 cm³/mol. The number of ether oxygens (including phenoxy) is 1. The van der Waals surface area contributed by atoms with Crippen molar-refractivity contribution in [2.75, 3.05) is 22.4 Å². The maximum Gasteiger partial charge on any atom is 0.265 e. The third-order valence-corrected chi connectivity index (χ3v) is 8.44. The number of hydrogen-bond acceptors (Lipinski definition) is 4.